The van der Waals surface area contributed by atoms with Crippen LogP contribution in [0, 0.1) is 12.3 Å². The van der Waals surface area contributed by atoms with Crippen molar-refractivity contribution in [2.24, 2.45) is 18.2 Å². The van der Waals surface area contributed by atoms with Gasteiger partial charge in [-0.15, -0.1) is 0 Å². The number of halogens is 1. The number of aromatic amines is 1. The highest BCUT2D eigenvalue weighted by Crippen LogP contribution is 2.45. The number of nitrogen functional groups attached to an aromatic ring is 4. The fourth-order valence-electron chi connectivity index (χ4n) is 16.2. The summed E-state index contributed by atoms with van der Waals surface area (Å²) in [5.74, 6) is 0.139. The second-order valence-electron chi connectivity index (χ2n) is 32.5. The molecule has 32 nitrogen and oxygen atoms in total. The van der Waals surface area contributed by atoms with Crippen molar-refractivity contribution < 1.29 is 48.7 Å². The Morgan fingerprint density at radius 1 is 0.627 bits per heavy atom. The molecule has 9 aromatic heterocycles. The Hall–Kier alpha value is -13.4. The van der Waals surface area contributed by atoms with Crippen molar-refractivity contribution in [2.75, 3.05) is 90.8 Å². The van der Waals surface area contributed by atoms with E-state index < -0.39 is 5.91 Å². The number of esters is 1. The molecule has 646 valence electrons. The van der Waals surface area contributed by atoms with E-state index in [1.165, 1.54) is 52.0 Å². The van der Waals surface area contributed by atoms with Crippen LogP contribution < -0.4 is 48.7 Å². The standard InChI is InChI=1S/C24H28N4O4S.C18H19BrN2OS.C18H14N6O2.C18H20N4O2S.C12H10N6O/c1-24(2)11-18-20(21(29)26-24)33-23(25-18)28-7-8-32-13-16(28)9-15-12-27(3)19-6-5-14(10-17(15)19)22(30)31-4;1-18(2)9-13-16(15(22)10-18)23-17(20-13)21-7-3-4-11-5-6-12(19)8-14(11)21;19-16-15-17(24-18(20)23-16)22-14(10-4-2-6-12(26)8-10)13(21-15)9-3-1-5-11(25)7-9;1-11-16(17(19)23)25-18(21-11)22-6-7-24-10-13(22)8-12-9-20-15-5-3-2-4-14(12)15;13-10-9-11(18-12(14)17-10)15-5-8(16-9)6-2-1-3-7(19)4-6/h5-6,10,12,16H,7-9,11,13H2,1-4H3,(H,26,29);5-6,8H,3-4,7,9-10H2,1-2H3;1-8,25-26H,(H4,19,20,22,23,24);2-5,9,13,20H,6-8,10H2,1H3,(H2,19,23);1-5,19H,(H4,13,14,15,17,18)/t16-;;;13-;/m0..0./s1. The summed E-state index contributed by atoms with van der Waals surface area (Å²) < 4.78 is 19.6. The number of ether oxygens (including phenoxy) is 3. The van der Waals surface area contributed by atoms with Gasteiger partial charge in [0.1, 0.15) is 27.0 Å². The molecule has 13 heterocycles. The molecule has 2 saturated heterocycles. The van der Waals surface area contributed by atoms with Crippen molar-refractivity contribution in [3.63, 3.8) is 0 Å². The quantitative estimate of drug-likeness (QED) is 0.0508. The molecule has 126 heavy (non-hydrogen) atoms. The fourth-order valence-corrected chi connectivity index (χ4v) is 19.7. The van der Waals surface area contributed by atoms with Crippen LogP contribution in [0.4, 0.5) is 44.6 Å². The van der Waals surface area contributed by atoms with Crippen LogP contribution >= 0.6 is 49.9 Å². The topological polar surface area (TPSA) is 471 Å². The predicted octanol–water partition coefficient (Wildman–Crippen LogP) is 13.8. The van der Waals surface area contributed by atoms with Crippen LogP contribution in [0.5, 0.6) is 17.2 Å². The number of benzene rings is 6. The van der Waals surface area contributed by atoms with Crippen molar-refractivity contribution in [1.82, 2.24) is 69.7 Å². The summed E-state index contributed by atoms with van der Waals surface area (Å²) in [4.78, 5) is 109. The number of phenols is 3. The van der Waals surface area contributed by atoms with Crippen LogP contribution in [-0.4, -0.2) is 174 Å². The first-order valence-electron chi connectivity index (χ1n) is 40.6. The van der Waals surface area contributed by atoms with Crippen LogP contribution in [0.2, 0.25) is 0 Å². The van der Waals surface area contributed by atoms with Gasteiger partial charge in [0.2, 0.25) is 11.9 Å². The number of hydrogen-bond acceptors (Lipinski definition) is 31. The number of thiazole rings is 3. The first-order valence-corrected chi connectivity index (χ1v) is 43.8. The number of nitrogens with zero attached hydrogens (tertiary/aromatic N) is 15. The zero-order chi connectivity index (χ0) is 88.6. The molecular weight excluding hydrogens is 1730 g/mol. The van der Waals surface area contributed by atoms with E-state index in [-0.39, 0.29) is 87.1 Å². The Labute approximate surface area is 743 Å². The van der Waals surface area contributed by atoms with Gasteiger partial charge in [-0.2, -0.15) is 19.9 Å². The van der Waals surface area contributed by atoms with Gasteiger partial charge in [0.25, 0.3) is 11.8 Å². The lowest BCUT2D eigenvalue weighted by Gasteiger charge is -2.35. The lowest BCUT2D eigenvalue weighted by Crippen LogP contribution is -2.48. The molecule has 0 saturated carbocycles. The van der Waals surface area contributed by atoms with E-state index in [9.17, 15) is 34.5 Å². The molecule has 36 heteroatoms. The number of Topliss-reactive ketones (excluding diaryl/α,β-unsaturated/α-hetero) is 1. The number of nitrogens with one attached hydrogen (secondary N) is 2. The van der Waals surface area contributed by atoms with Gasteiger partial charge in [0.15, 0.2) is 55.1 Å². The maximum Gasteiger partial charge on any atom is 0.337 e. The van der Waals surface area contributed by atoms with E-state index in [1.54, 1.807) is 90.3 Å². The maximum absolute atomic E-state index is 12.6. The number of anilines is 8. The molecule has 1 aliphatic carbocycles. The summed E-state index contributed by atoms with van der Waals surface area (Å²) in [6.07, 6.45) is 11.8. The number of nitrogens with two attached hydrogens (primary N) is 5. The summed E-state index contributed by atoms with van der Waals surface area (Å²) >= 11 is 7.98. The van der Waals surface area contributed by atoms with E-state index in [0.29, 0.717) is 98.7 Å². The second kappa shape index (κ2) is 36.1. The molecule has 5 aliphatic rings. The molecule has 2 amide bonds. The fraction of sp³-hybridized carbons (Fsp3) is 0.278. The molecule has 2 fully saturated rings. The predicted molar refractivity (Wildman–Crippen MR) is 494 cm³/mol. The van der Waals surface area contributed by atoms with Gasteiger partial charge in [-0.25, -0.2) is 39.7 Å². The third kappa shape index (κ3) is 18.8. The van der Waals surface area contributed by atoms with E-state index in [4.69, 9.17) is 52.8 Å². The van der Waals surface area contributed by atoms with Crippen LogP contribution in [0.25, 0.3) is 77.9 Å². The Morgan fingerprint density at radius 2 is 1.24 bits per heavy atom. The summed E-state index contributed by atoms with van der Waals surface area (Å²) in [6, 6.07) is 40.6. The van der Waals surface area contributed by atoms with Crippen molar-refractivity contribution in [2.45, 2.75) is 97.2 Å². The van der Waals surface area contributed by atoms with Gasteiger partial charge >= 0.3 is 5.97 Å². The van der Waals surface area contributed by atoms with E-state index in [2.05, 4.69) is 153 Å². The maximum atomic E-state index is 12.6. The van der Waals surface area contributed by atoms with Crippen LogP contribution in [-0.2, 0) is 53.4 Å². The highest BCUT2D eigenvalue weighted by molar-refractivity contribution is 9.10. The first kappa shape index (κ1) is 86.1. The number of carbonyl (C=O) groups excluding carboxylic acids is 4. The number of methoxy groups -OCH3 is 1. The Bertz CT molecular complexity index is 6710. The smallest absolute Gasteiger partial charge is 0.337 e. The Kier molecular flexibility index (Phi) is 24.6. The molecule has 0 unspecified atom stereocenters. The molecule has 2 atom stereocenters. The van der Waals surface area contributed by atoms with Crippen LogP contribution in [0.15, 0.2) is 157 Å². The van der Waals surface area contributed by atoms with Gasteiger partial charge in [0, 0.05) is 106 Å². The van der Waals surface area contributed by atoms with Crippen molar-refractivity contribution in [3.8, 4) is 51.0 Å². The van der Waals surface area contributed by atoms with Gasteiger partial charge in [-0.3, -0.25) is 14.4 Å². The summed E-state index contributed by atoms with van der Waals surface area (Å²) in [6.45, 7) is 15.1. The van der Waals surface area contributed by atoms with Gasteiger partial charge in [-0.1, -0.05) is 124 Å². The molecule has 0 bridgehead atoms. The monoisotopic (exact) mass is 1810 g/mol. The zero-order valence-electron chi connectivity index (χ0n) is 69.9. The number of carbonyl (C=O) groups is 4. The minimum Gasteiger partial charge on any atom is -0.508 e. The normalized spacial score (nSPS) is 16.2. The number of phenolic OH excluding ortho intramolecular Hbond substituents is 3. The van der Waals surface area contributed by atoms with E-state index in [1.807, 2.05) is 52.1 Å². The molecule has 15 N–H and O–H groups in total. The molecule has 6 aromatic carbocycles. The molecule has 4 aliphatic heterocycles. The number of ketones is 1. The Balaban J connectivity index is 0.000000117. The van der Waals surface area contributed by atoms with Gasteiger partial charge in [0.05, 0.1) is 96.4 Å². The number of aromatic nitrogens is 13. The number of fused-ring (bicyclic) bond motifs is 7. The number of aryl methyl sites for hydroxylation is 3. The lowest BCUT2D eigenvalue weighted by atomic mass is 9.78. The number of morpholine rings is 2. The largest absolute Gasteiger partial charge is 0.508 e. The molecule has 0 radical (unpaired) electrons. The molecule has 15 aromatic rings. The number of primary amides is 1. The van der Waals surface area contributed by atoms with Crippen LogP contribution in [0.1, 0.15) is 114 Å². The number of para-hydroxylation sites is 1. The number of hydrogen-bond donors (Lipinski definition) is 10. The molecule has 0 spiro atoms. The van der Waals surface area contributed by atoms with Gasteiger partial charge < -0.3 is 87.8 Å². The average Bonchev–Trinajstić information content (AvgIpc) is 1.59. The van der Waals surface area contributed by atoms with Crippen molar-refractivity contribution >= 4 is 162 Å². The Morgan fingerprint density at radius 3 is 1.90 bits per heavy atom. The van der Waals surface area contributed by atoms with E-state index in [0.717, 1.165) is 122 Å². The minimum absolute atomic E-state index is 0.00346. The average molecular weight is 1820 g/mol. The first-order chi connectivity index (χ1) is 60.5. The summed E-state index contributed by atoms with van der Waals surface area (Å²) in [5, 5.41) is 37.2. The summed E-state index contributed by atoms with van der Waals surface area (Å²) in [5.41, 5.74) is 43.1. The summed E-state index contributed by atoms with van der Waals surface area (Å²) in [7, 11) is 3.40. The molecule has 20 rings (SSSR count). The highest BCUT2D eigenvalue weighted by Gasteiger charge is 2.38. The molecular formula is C90H91BrN22O10S3. The van der Waals surface area contributed by atoms with Crippen molar-refractivity contribution in [1.29, 1.82) is 0 Å². The third-order valence-electron chi connectivity index (χ3n) is 22.0. The van der Waals surface area contributed by atoms with Crippen molar-refractivity contribution in [3.05, 3.63) is 210 Å². The second-order valence-corrected chi connectivity index (χ2v) is 36.4. The highest BCUT2D eigenvalue weighted by atomic mass is 79.9. The zero-order valence-corrected chi connectivity index (χ0v) is 73.9. The number of H-pyrrole nitrogens is 1. The van der Waals surface area contributed by atoms with Gasteiger partial charge in [-0.05, 0) is 148 Å². The van der Waals surface area contributed by atoms with E-state index >= 15 is 0 Å². The SMILES string of the molecule is CC1(C)CC(=O)c2sc(N3CCCc4ccc(Br)cc43)nc2C1.COC(=O)c1ccc2c(c1)c(C[C@H]1COCCN1c1nc3c(s1)C(=O)NC(C)(C)C3)cn2C.Cc1nc(N2CCOC[C@@H]2Cc2c[nH]c3ccccc23)sc1C(N)=O.Nc1nc(N)c2nc(-c3cccc(O)c3)c(-c3cccc(O)c3)nc2n1.Nc1nc(N)c2nc(-c3cccc(O)c3)cnc2n1. The number of aromatic hydroxyl groups is 3. The number of rotatable bonds is 12. The number of amides is 2. The third-order valence-corrected chi connectivity index (χ3v) is 26.0. The minimum atomic E-state index is -0.414. The van der Waals surface area contributed by atoms with Crippen LogP contribution in [0.3, 0.4) is 0 Å². The lowest BCUT2D eigenvalue weighted by molar-refractivity contribution is 0.0600.